The van der Waals surface area contributed by atoms with Crippen LogP contribution in [0.5, 0.6) is 0 Å². The summed E-state index contributed by atoms with van der Waals surface area (Å²) >= 11 is 0. The first kappa shape index (κ1) is 11.6. The predicted octanol–water partition coefficient (Wildman–Crippen LogP) is 2.56. The van der Waals surface area contributed by atoms with Crippen LogP contribution in [0.15, 0.2) is 0 Å². The summed E-state index contributed by atoms with van der Waals surface area (Å²) in [7, 11) is 2.19. The van der Waals surface area contributed by atoms with E-state index in [-0.39, 0.29) is 0 Å². The average molecular weight is 260 g/mol. The first-order valence-corrected chi connectivity index (χ1v) is 7.66. The Bertz CT molecular complexity index is 464. The predicted molar refractivity (Wildman–Crippen MR) is 77.0 cm³/mol. The van der Waals surface area contributed by atoms with Crippen molar-refractivity contribution in [3.8, 4) is 0 Å². The number of aromatic nitrogens is 2. The van der Waals surface area contributed by atoms with E-state index in [0.29, 0.717) is 6.04 Å². The Kier molecular flexibility index (Phi) is 2.39. The number of aryl methyl sites for hydroxylation is 1. The molecule has 5 rings (SSSR count). The van der Waals surface area contributed by atoms with E-state index in [1.54, 1.807) is 0 Å². The lowest BCUT2D eigenvalue weighted by molar-refractivity contribution is -0.00137. The van der Waals surface area contributed by atoms with E-state index in [1.165, 1.54) is 32.1 Å². The fourth-order valence-electron chi connectivity index (χ4n) is 5.44. The zero-order valence-electron chi connectivity index (χ0n) is 11.9. The second-order valence-corrected chi connectivity index (χ2v) is 7.09. The number of rotatable bonds is 2. The molecule has 1 aromatic heterocycles. The lowest BCUT2D eigenvalue weighted by Crippen LogP contribution is -2.55. The van der Waals surface area contributed by atoms with Gasteiger partial charge in [-0.3, -0.25) is 0 Å². The number of nitrogens with one attached hydrogen (secondary N) is 1. The van der Waals surface area contributed by atoms with Crippen molar-refractivity contribution in [2.75, 3.05) is 17.7 Å². The summed E-state index contributed by atoms with van der Waals surface area (Å²) in [6, 6.07) is 0.665. The van der Waals surface area contributed by atoms with Gasteiger partial charge in [-0.2, -0.15) is 0 Å². The molecule has 4 aliphatic rings. The molecule has 104 valence electrons. The topological polar surface area (TPSA) is 57.9 Å². The molecule has 0 atom stereocenters. The summed E-state index contributed by atoms with van der Waals surface area (Å²) in [5.41, 5.74) is 6.08. The Morgan fingerprint density at radius 3 is 2.16 bits per heavy atom. The third kappa shape index (κ3) is 1.68. The van der Waals surface area contributed by atoms with Gasteiger partial charge < -0.3 is 15.6 Å². The van der Waals surface area contributed by atoms with E-state index in [2.05, 4.69) is 21.9 Å². The molecule has 0 aliphatic heterocycles. The maximum absolute atomic E-state index is 6.08. The highest BCUT2D eigenvalue weighted by atomic mass is 15.2. The molecular weight excluding hydrogens is 236 g/mol. The van der Waals surface area contributed by atoms with Crippen LogP contribution >= 0.6 is 0 Å². The van der Waals surface area contributed by atoms with Crippen molar-refractivity contribution < 1.29 is 0 Å². The fraction of sp³-hybridized carbons (Fsp3) is 0.800. The summed E-state index contributed by atoms with van der Waals surface area (Å²) in [6.07, 6.45) is 7.25. The van der Waals surface area contributed by atoms with E-state index in [1.807, 2.05) is 6.92 Å². The Labute approximate surface area is 114 Å². The minimum absolute atomic E-state index is 0.665. The third-order valence-electron chi connectivity index (χ3n) is 5.79. The Morgan fingerprint density at radius 1 is 1.11 bits per heavy atom. The molecular formula is C15H24N4. The molecule has 1 heterocycles. The number of hydrogen-bond donors (Lipinski definition) is 2. The van der Waals surface area contributed by atoms with Gasteiger partial charge in [0.15, 0.2) is 5.82 Å². The number of nitrogen functional groups attached to an aromatic ring is 1. The average Bonchev–Trinajstić information content (AvgIpc) is 2.66. The number of imidazole rings is 1. The Balaban J connectivity index is 1.63. The molecule has 4 aliphatic carbocycles. The Hall–Kier alpha value is -1.19. The minimum Gasteiger partial charge on any atom is -0.382 e. The van der Waals surface area contributed by atoms with Crippen molar-refractivity contribution in [3.63, 3.8) is 0 Å². The van der Waals surface area contributed by atoms with Crippen molar-refractivity contribution in [2.45, 2.75) is 45.1 Å². The summed E-state index contributed by atoms with van der Waals surface area (Å²) in [4.78, 5) is 10.1. The van der Waals surface area contributed by atoms with Crippen LogP contribution in [0.2, 0.25) is 0 Å². The maximum atomic E-state index is 6.08. The first-order chi connectivity index (χ1) is 9.11. The van der Waals surface area contributed by atoms with Crippen LogP contribution in [-0.2, 0) is 0 Å². The van der Waals surface area contributed by atoms with Gasteiger partial charge in [0.1, 0.15) is 11.6 Å². The van der Waals surface area contributed by atoms with E-state index >= 15 is 0 Å². The summed E-state index contributed by atoms with van der Waals surface area (Å²) in [6.45, 7) is 1.98. The smallest absolute Gasteiger partial charge is 0.171 e. The second-order valence-electron chi connectivity index (χ2n) is 7.09. The van der Waals surface area contributed by atoms with Crippen LogP contribution < -0.4 is 10.6 Å². The Morgan fingerprint density at radius 2 is 1.68 bits per heavy atom. The summed E-state index contributed by atoms with van der Waals surface area (Å²) in [5, 5.41) is 0. The molecule has 4 fully saturated rings. The van der Waals surface area contributed by atoms with Crippen LogP contribution in [0.1, 0.15) is 37.9 Å². The van der Waals surface area contributed by atoms with Gasteiger partial charge in [0, 0.05) is 13.1 Å². The molecule has 0 radical (unpaired) electrons. The monoisotopic (exact) mass is 260 g/mol. The standard InChI is InChI=1S/C15H24N4/c1-8-17-14(16)15(18-8)19(2)13-11-4-9-3-10(6-11)7-12(13)5-9/h9-13H,3-7,16H2,1-2H3,(H,17,18). The molecule has 4 nitrogen and oxygen atoms in total. The van der Waals surface area contributed by atoms with Gasteiger partial charge in [0.25, 0.3) is 0 Å². The number of nitrogens with two attached hydrogens (primary N) is 1. The van der Waals surface area contributed by atoms with E-state index in [9.17, 15) is 0 Å². The molecule has 0 unspecified atom stereocenters. The van der Waals surface area contributed by atoms with Crippen molar-refractivity contribution in [1.29, 1.82) is 0 Å². The maximum Gasteiger partial charge on any atom is 0.171 e. The first-order valence-electron chi connectivity index (χ1n) is 7.66. The molecule has 0 spiro atoms. The van der Waals surface area contributed by atoms with Gasteiger partial charge in [-0.1, -0.05) is 0 Å². The second kappa shape index (κ2) is 3.90. The zero-order valence-corrected chi connectivity index (χ0v) is 11.9. The molecule has 19 heavy (non-hydrogen) atoms. The van der Waals surface area contributed by atoms with E-state index < -0.39 is 0 Å². The normalized spacial score (nSPS) is 39.8. The highest BCUT2D eigenvalue weighted by molar-refractivity contribution is 5.59. The highest BCUT2D eigenvalue weighted by Crippen LogP contribution is 2.55. The zero-order chi connectivity index (χ0) is 13.1. The van der Waals surface area contributed by atoms with Crippen molar-refractivity contribution >= 4 is 11.6 Å². The molecule has 0 aromatic carbocycles. The van der Waals surface area contributed by atoms with Crippen LogP contribution in [0, 0.1) is 30.6 Å². The number of aromatic amines is 1. The molecule has 4 bridgehead atoms. The number of anilines is 2. The van der Waals surface area contributed by atoms with Gasteiger partial charge in [-0.15, -0.1) is 0 Å². The molecule has 4 saturated carbocycles. The lowest BCUT2D eigenvalue weighted by atomic mass is 9.54. The number of H-pyrrole nitrogens is 1. The van der Waals surface area contributed by atoms with Crippen LogP contribution in [0.3, 0.4) is 0 Å². The van der Waals surface area contributed by atoms with Crippen LogP contribution in [0.25, 0.3) is 0 Å². The number of nitrogens with zero attached hydrogens (tertiary/aromatic N) is 2. The van der Waals surface area contributed by atoms with Crippen molar-refractivity contribution in [2.24, 2.45) is 23.7 Å². The number of hydrogen-bond acceptors (Lipinski definition) is 3. The molecule has 3 N–H and O–H groups in total. The van der Waals surface area contributed by atoms with Crippen molar-refractivity contribution in [1.82, 2.24) is 9.97 Å². The van der Waals surface area contributed by atoms with E-state index in [0.717, 1.165) is 41.1 Å². The fourth-order valence-corrected chi connectivity index (χ4v) is 5.44. The minimum atomic E-state index is 0.665. The van der Waals surface area contributed by atoms with Gasteiger partial charge >= 0.3 is 0 Å². The van der Waals surface area contributed by atoms with Gasteiger partial charge in [-0.25, -0.2) is 4.98 Å². The largest absolute Gasteiger partial charge is 0.382 e. The third-order valence-corrected chi connectivity index (χ3v) is 5.79. The van der Waals surface area contributed by atoms with Gasteiger partial charge in [0.2, 0.25) is 0 Å². The van der Waals surface area contributed by atoms with Gasteiger partial charge in [-0.05, 0) is 62.7 Å². The molecule has 0 saturated heterocycles. The van der Waals surface area contributed by atoms with Crippen molar-refractivity contribution in [3.05, 3.63) is 5.82 Å². The quantitative estimate of drug-likeness (QED) is 0.859. The van der Waals surface area contributed by atoms with E-state index in [4.69, 9.17) is 5.73 Å². The van der Waals surface area contributed by atoms with Crippen LogP contribution in [0.4, 0.5) is 11.6 Å². The van der Waals surface area contributed by atoms with Crippen LogP contribution in [-0.4, -0.2) is 23.1 Å². The summed E-state index contributed by atoms with van der Waals surface area (Å²) < 4.78 is 0. The molecule has 0 amide bonds. The summed E-state index contributed by atoms with van der Waals surface area (Å²) in [5.74, 6) is 6.40. The lowest BCUT2D eigenvalue weighted by Gasteiger charge is -2.56. The molecule has 1 aromatic rings. The van der Waals surface area contributed by atoms with Gasteiger partial charge in [0.05, 0.1) is 0 Å². The molecule has 4 heteroatoms. The SMILES string of the molecule is Cc1nc(N(C)C2C3CC4CC(C3)CC2C4)c(N)[nH]1. The highest BCUT2D eigenvalue weighted by Gasteiger charge is 2.49.